The average Bonchev–Trinajstić information content (AvgIpc) is 2.34. The highest BCUT2D eigenvalue weighted by Crippen LogP contribution is 2.13. The molecule has 0 saturated heterocycles. The topological polar surface area (TPSA) is 12.0 Å². The second-order valence-electron chi connectivity index (χ2n) is 4.30. The molecule has 18 heavy (non-hydrogen) atoms. The van der Waals surface area contributed by atoms with Gasteiger partial charge in [-0.3, -0.25) is 0 Å². The number of terminal acetylenes is 1. The van der Waals surface area contributed by atoms with Crippen LogP contribution >= 0.6 is 0 Å². The molecule has 0 saturated carbocycles. The van der Waals surface area contributed by atoms with E-state index >= 15 is 0 Å². The smallest absolute Gasteiger partial charge is 0.159 e. The van der Waals surface area contributed by atoms with Crippen LogP contribution in [0.3, 0.4) is 0 Å². The molecule has 1 unspecified atom stereocenters. The summed E-state index contributed by atoms with van der Waals surface area (Å²) >= 11 is 0. The minimum atomic E-state index is -0.800. The second kappa shape index (κ2) is 7.84. The molecule has 1 rings (SSSR count). The summed E-state index contributed by atoms with van der Waals surface area (Å²) < 4.78 is 25.9. The molecule has 1 aromatic rings. The quantitative estimate of drug-likeness (QED) is 0.579. The Labute approximate surface area is 108 Å². The molecular weight excluding hydrogens is 232 g/mol. The van der Waals surface area contributed by atoms with Crippen molar-refractivity contribution in [3.05, 3.63) is 35.4 Å². The zero-order valence-corrected chi connectivity index (χ0v) is 10.7. The number of nitrogens with one attached hydrogen (secondary N) is 1. The normalized spacial score (nSPS) is 12.1. The van der Waals surface area contributed by atoms with Crippen molar-refractivity contribution in [2.24, 2.45) is 0 Å². The summed E-state index contributed by atoms with van der Waals surface area (Å²) in [6.07, 6.45) is 8.54. The molecule has 0 bridgehead atoms. The monoisotopic (exact) mass is 251 g/mol. The first-order valence-corrected chi connectivity index (χ1v) is 6.28. The molecule has 0 aliphatic heterocycles. The molecule has 0 heterocycles. The molecule has 0 fully saturated rings. The van der Waals surface area contributed by atoms with Crippen LogP contribution in [0.2, 0.25) is 0 Å². The largest absolute Gasteiger partial charge is 0.314 e. The summed E-state index contributed by atoms with van der Waals surface area (Å²) in [4.78, 5) is 0. The van der Waals surface area contributed by atoms with E-state index in [4.69, 9.17) is 6.42 Å². The third kappa shape index (κ3) is 4.85. The lowest BCUT2D eigenvalue weighted by molar-refractivity contribution is 0.474. The van der Waals surface area contributed by atoms with E-state index in [9.17, 15) is 8.78 Å². The van der Waals surface area contributed by atoms with Crippen LogP contribution in [0.4, 0.5) is 8.78 Å². The van der Waals surface area contributed by atoms with E-state index in [1.807, 2.05) is 6.92 Å². The molecule has 0 radical (unpaired) electrons. The summed E-state index contributed by atoms with van der Waals surface area (Å²) in [7, 11) is 0. The summed E-state index contributed by atoms with van der Waals surface area (Å²) in [6, 6.07) is 4.33. The maximum absolute atomic E-state index is 13.1. The van der Waals surface area contributed by atoms with E-state index in [0.717, 1.165) is 31.4 Å². The Balaban J connectivity index is 2.58. The highest BCUT2D eigenvalue weighted by Gasteiger charge is 2.10. The SMILES string of the molecule is C#CCCCC(Cc1ccc(F)c(F)c1)NCC. The second-order valence-corrected chi connectivity index (χ2v) is 4.30. The van der Waals surface area contributed by atoms with Crippen LogP contribution in [0.5, 0.6) is 0 Å². The molecule has 3 heteroatoms. The number of hydrogen-bond donors (Lipinski definition) is 1. The van der Waals surface area contributed by atoms with Gasteiger partial charge in [0.05, 0.1) is 0 Å². The van der Waals surface area contributed by atoms with Gasteiger partial charge < -0.3 is 5.32 Å². The lowest BCUT2D eigenvalue weighted by Crippen LogP contribution is -2.30. The average molecular weight is 251 g/mol. The predicted octanol–water partition coefficient (Wildman–Crippen LogP) is 3.29. The maximum atomic E-state index is 13.1. The van der Waals surface area contributed by atoms with E-state index in [1.165, 1.54) is 12.1 Å². The molecule has 1 N–H and O–H groups in total. The van der Waals surface area contributed by atoms with Gasteiger partial charge >= 0.3 is 0 Å². The molecule has 0 amide bonds. The highest BCUT2D eigenvalue weighted by atomic mass is 19.2. The molecule has 1 nitrogen and oxygen atoms in total. The van der Waals surface area contributed by atoms with Gasteiger partial charge in [0.15, 0.2) is 11.6 Å². The summed E-state index contributed by atoms with van der Waals surface area (Å²) in [6.45, 7) is 2.88. The number of hydrogen-bond acceptors (Lipinski definition) is 1. The third-order valence-electron chi connectivity index (χ3n) is 2.83. The first-order chi connectivity index (χ1) is 8.67. The summed E-state index contributed by atoms with van der Waals surface area (Å²) in [5, 5.41) is 3.34. The first-order valence-electron chi connectivity index (χ1n) is 6.28. The van der Waals surface area contributed by atoms with Crippen LogP contribution < -0.4 is 5.32 Å². The zero-order chi connectivity index (χ0) is 13.4. The first kappa shape index (κ1) is 14.7. The minimum Gasteiger partial charge on any atom is -0.314 e. The molecule has 1 atom stereocenters. The van der Waals surface area contributed by atoms with Gasteiger partial charge in [0.25, 0.3) is 0 Å². The van der Waals surface area contributed by atoms with Crippen LogP contribution in [0, 0.1) is 24.0 Å². The Morgan fingerprint density at radius 1 is 1.33 bits per heavy atom. The maximum Gasteiger partial charge on any atom is 0.159 e. The van der Waals surface area contributed by atoms with Crippen molar-refractivity contribution in [2.75, 3.05) is 6.54 Å². The van der Waals surface area contributed by atoms with E-state index in [1.54, 1.807) is 6.07 Å². The van der Waals surface area contributed by atoms with E-state index < -0.39 is 11.6 Å². The van der Waals surface area contributed by atoms with Gasteiger partial charge in [-0.25, -0.2) is 8.78 Å². The number of benzene rings is 1. The standard InChI is InChI=1S/C15H19F2N/c1-3-5-6-7-13(18-4-2)10-12-8-9-14(16)15(17)11-12/h1,8-9,11,13,18H,4-7,10H2,2H3. The van der Waals surface area contributed by atoms with Crippen LogP contribution in [-0.4, -0.2) is 12.6 Å². The Kier molecular flexibility index (Phi) is 6.38. The van der Waals surface area contributed by atoms with Gasteiger partial charge in [-0.1, -0.05) is 13.0 Å². The van der Waals surface area contributed by atoms with E-state index in [0.29, 0.717) is 6.42 Å². The van der Waals surface area contributed by atoms with Crippen molar-refractivity contribution < 1.29 is 8.78 Å². The van der Waals surface area contributed by atoms with Gasteiger partial charge in [-0.05, 0) is 43.5 Å². The fraction of sp³-hybridized carbons (Fsp3) is 0.467. The minimum absolute atomic E-state index is 0.258. The molecule has 0 aromatic heterocycles. The van der Waals surface area contributed by atoms with Gasteiger partial charge in [-0.2, -0.15) is 0 Å². The van der Waals surface area contributed by atoms with Crippen molar-refractivity contribution in [3.63, 3.8) is 0 Å². The molecule has 0 aliphatic carbocycles. The third-order valence-corrected chi connectivity index (χ3v) is 2.83. The van der Waals surface area contributed by atoms with E-state index in [-0.39, 0.29) is 6.04 Å². The Morgan fingerprint density at radius 3 is 2.72 bits per heavy atom. The van der Waals surface area contributed by atoms with Crippen molar-refractivity contribution in [1.82, 2.24) is 5.32 Å². The predicted molar refractivity (Wildman–Crippen MR) is 70.2 cm³/mol. The highest BCUT2D eigenvalue weighted by molar-refractivity contribution is 5.18. The van der Waals surface area contributed by atoms with Crippen molar-refractivity contribution >= 4 is 0 Å². The number of likely N-dealkylation sites (N-methyl/N-ethyl adjacent to an activating group) is 1. The Bertz CT molecular complexity index is 409. The van der Waals surface area contributed by atoms with Crippen LogP contribution in [0.1, 0.15) is 31.7 Å². The Morgan fingerprint density at radius 2 is 2.11 bits per heavy atom. The van der Waals surface area contributed by atoms with Crippen molar-refractivity contribution in [2.45, 2.75) is 38.6 Å². The number of unbranched alkanes of at least 4 members (excludes halogenated alkanes) is 1. The lowest BCUT2D eigenvalue weighted by Gasteiger charge is -2.17. The van der Waals surface area contributed by atoms with Gasteiger partial charge in [0.1, 0.15) is 0 Å². The summed E-state index contributed by atoms with van der Waals surface area (Å²) in [5.41, 5.74) is 0.806. The van der Waals surface area contributed by atoms with Gasteiger partial charge in [-0.15, -0.1) is 12.3 Å². The van der Waals surface area contributed by atoms with Crippen molar-refractivity contribution in [3.8, 4) is 12.3 Å². The van der Waals surface area contributed by atoms with Crippen LogP contribution in [-0.2, 0) is 6.42 Å². The number of rotatable bonds is 7. The van der Waals surface area contributed by atoms with Crippen LogP contribution in [0.25, 0.3) is 0 Å². The number of halogens is 2. The van der Waals surface area contributed by atoms with Gasteiger partial charge in [0, 0.05) is 12.5 Å². The fourth-order valence-electron chi connectivity index (χ4n) is 1.97. The van der Waals surface area contributed by atoms with Gasteiger partial charge in [0.2, 0.25) is 0 Å². The molecule has 0 aliphatic rings. The van der Waals surface area contributed by atoms with Crippen molar-refractivity contribution in [1.29, 1.82) is 0 Å². The molecular formula is C15H19F2N. The molecule has 1 aromatic carbocycles. The fourth-order valence-corrected chi connectivity index (χ4v) is 1.97. The van der Waals surface area contributed by atoms with Crippen LogP contribution in [0.15, 0.2) is 18.2 Å². The molecule has 0 spiro atoms. The summed E-state index contributed by atoms with van der Waals surface area (Å²) in [5.74, 6) is 1.02. The molecule has 98 valence electrons. The van der Waals surface area contributed by atoms with E-state index in [2.05, 4.69) is 11.2 Å². The lowest BCUT2D eigenvalue weighted by atomic mass is 10.0. The Hall–Kier alpha value is -1.40. The zero-order valence-electron chi connectivity index (χ0n) is 10.7.